The molecule has 1 saturated heterocycles. The van der Waals surface area contributed by atoms with Crippen molar-refractivity contribution in [1.82, 2.24) is 10.6 Å². The first-order valence-corrected chi connectivity index (χ1v) is 7.47. The third-order valence-electron chi connectivity index (χ3n) is 3.20. The molecule has 126 valence electrons. The quantitative estimate of drug-likeness (QED) is 0.851. The van der Waals surface area contributed by atoms with Crippen LogP contribution in [0.3, 0.4) is 0 Å². The lowest BCUT2D eigenvalue weighted by Gasteiger charge is -2.15. The molecule has 0 aromatic carbocycles. The molecule has 2 rings (SSSR count). The Morgan fingerprint density at radius 3 is 2.86 bits per heavy atom. The van der Waals surface area contributed by atoms with Gasteiger partial charge in [0.15, 0.2) is 11.7 Å². The molecular weight excluding hydrogens is 341 g/mol. The molecule has 1 aliphatic heterocycles. The summed E-state index contributed by atoms with van der Waals surface area (Å²) in [5.74, 6) is -0.0629. The third-order valence-corrected chi connectivity index (χ3v) is 4.38. The van der Waals surface area contributed by atoms with Gasteiger partial charge in [0.2, 0.25) is 5.91 Å². The van der Waals surface area contributed by atoms with Gasteiger partial charge in [0, 0.05) is 11.4 Å². The third kappa shape index (κ3) is 5.66. The van der Waals surface area contributed by atoms with E-state index in [1.165, 1.54) is 6.07 Å². The Bertz CT molecular complexity index is 490. The van der Waals surface area contributed by atoms with Crippen LogP contribution in [0.1, 0.15) is 24.3 Å². The minimum absolute atomic E-state index is 0. The molecule has 2 heterocycles. The molecular formula is C13H18ClF3N2O2S. The number of hydrogen-bond donors (Lipinski definition) is 2. The predicted octanol–water partition coefficient (Wildman–Crippen LogP) is 2.90. The average Bonchev–Trinajstić information content (AvgIpc) is 3.07. The van der Waals surface area contributed by atoms with Gasteiger partial charge in [-0.3, -0.25) is 4.79 Å². The van der Waals surface area contributed by atoms with E-state index in [4.69, 9.17) is 0 Å². The molecule has 2 atom stereocenters. The van der Waals surface area contributed by atoms with Gasteiger partial charge in [0.1, 0.15) is 0 Å². The minimum atomic E-state index is -4.35. The van der Waals surface area contributed by atoms with E-state index in [-0.39, 0.29) is 35.3 Å². The molecule has 1 amide bonds. The maximum atomic E-state index is 12.1. The van der Waals surface area contributed by atoms with Gasteiger partial charge in [0.05, 0.1) is 12.0 Å². The Morgan fingerprint density at radius 1 is 1.55 bits per heavy atom. The van der Waals surface area contributed by atoms with Gasteiger partial charge in [-0.1, -0.05) is 0 Å². The van der Waals surface area contributed by atoms with E-state index >= 15 is 0 Å². The van der Waals surface area contributed by atoms with Crippen LogP contribution in [-0.2, 0) is 4.79 Å². The van der Waals surface area contributed by atoms with Crippen LogP contribution in [0.5, 0.6) is 5.06 Å². The molecule has 0 bridgehead atoms. The maximum absolute atomic E-state index is 12.1. The van der Waals surface area contributed by atoms with Gasteiger partial charge < -0.3 is 15.4 Å². The van der Waals surface area contributed by atoms with Gasteiger partial charge in [-0.25, -0.2) is 0 Å². The van der Waals surface area contributed by atoms with Crippen LogP contribution in [-0.4, -0.2) is 31.8 Å². The van der Waals surface area contributed by atoms with E-state index in [9.17, 15) is 18.0 Å². The first kappa shape index (κ1) is 19.1. The first-order valence-electron chi connectivity index (χ1n) is 6.65. The molecule has 4 nitrogen and oxygen atoms in total. The molecule has 9 heteroatoms. The Kier molecular flexibility index (Phi) is 6.96. The van der Waals surface area contributed by atoms with Crippen molar-refractivity contribution in [3.05, 3.63) is 17.0 Å². The van der Waals surface area contributed by atoms with Crippen molar-refractivity contribution in [2.75, 3.05) is 19.7 Å². The van der Waals surface area contributed by atoms with E-state index in [0.29, 0.717) is 6.54 Å². The number of carbonyl (C=O) groups excluding carboxylic acids is 1. The Hall–Kier alpha value is -0.990. The summed E-state index contributed by atoms with van der Waals surface area (Å²) in [4.78, 5) is 12.7. The van der Waals surface area contributed by atoms with Crippen LogP contribution in [0.2, 0.25) is 0 Å². The molecule has 0 spiro atoms. The Morgan fingerprint density at radius 2 is 2.27 bits per heavy atom. The highest BCUT2D eigenvalue weighted by atomic mass is 35.5. The monoisotopic (exact) mass is 358 g/mol. The summed E-state index contributed by atoms with van der Waals surface area (Å²) >= 11 is 1.11. The van der Waals surface area contributed by atoms with Crippen molar-refractivity contribution in [2.45, 2.75) is 25.6 Å². The molecule has 0 radical (unpaired) electrons. The highest BCUT2D eigenvalue weighted by molar-refractivity contribution is 7.13. The summed E-state index contributed by atoms with van der Waals surface area (Å²) in [7, 11) is 0. The number of ether oxygens (including phenoxy) is 1. The summed E-state index contributed by atoms with van der Waals surface area (Å²) < 4.78 is 40.9. The largest absolute Gasteiger partial charge is 0.475 e. The van der Waals surface area contributed by atoms with Gasteiger partial charge in [-0.2, -0.15) is 13.2 Å². The normalized spacial score (nSPS) is 19.4. The SMILES string of the molecule is C[C@@H](NC(=O)C1CCNC1)c1ccc(OCC(F)(F)F)s1.Cl. The van der Waals surface area contributed by atoms with Crippen molar-refractivity contribution < 1.29 is 22.7 Å². The van der Waals surface area contributed by atoms with Crippen LogP contribution >= 0.6 is 23.7 Å². The topological polar surface area (TPSA) is 50.4 Å². The van der Waals surface area contributed by atoms with E-state index in [0.717, 1.165) is 29.2 Å². The summed E-state index contributed by atoms with van der Waals surface area (Å²) in [5.41, 5.74) is 0. The molecule has 1 aromatic heterocycles. The minimum Gasteiger partial charge on any atom is -0.475 e. The van der Waals surface area contributed by atoms with Crippen LogP contribution in [0, 0.1) is 5.92 Å². The standard InChI is InChI=1S/C13H17F3N2O2S.ClH/c1-8(18-12(19)9-4-5-17-6-9)10-2-3-11(21-10)20-7-13(14,15)16;/h2-3,8-9,17H,4-7H2,1H3,(H,18,19);1H/t8-,9?;/m1./s1. The second-order valence-electron chi connectivity index (χ2n) is 4.98. The summed E-state index contributed by atoms with van der Waals surface area (Å²) in [6.45, 7) is 2.00. The highest BCUT2D eigenvalue weighted by Gasteiger charge is 2.29. The van der Waals surface area contributed by atoms with Gasteiger partial charge >= 0.3 is 6.18 Å². The number of halogens is 4. The smallest absolute Gasteiger partial charge is 0.422 e. The van der Waals surface area contributed by atoms with Gasteiger partial charge in [0.25, 0.3) is 0 Å². The predicted molar refractivity (Wildman–Crippen MR) is 80.7 cm³/mol. The van der Waals surface area contributed by atoms with Crippen LogP contribution in [0.4, 0.5) is 13.2 Å². The number of thiophene rings is 1. The summed E-state index contributed by atoms with van der Waals surface area (Å²) in [6.07, 6.45) is -3.54. The second-order valence-corrected chi connectivity index (χ2v) is 6.06. The zero-order chi connectivity index (χ0) is 15.5. The average molecular weight is 359 g/mol. The number of amides is 1. The van der Waals surface area contributed by atoms with E-state index in [1.807, 2.05) is 0 Å². The molecule has 1 aromatic rings. The fourth-order valence-electron chi connectivity index (χ4n) is 2.08. The van der Waals surface area contributed by atoms with E-state index in [1.54, 1.807) is 13.0 Å². The number of hydrogen-bond acceptors (Lipinski definition) is 4. The lowest BCUT2D eigenvalue weighted by atomic mass is 10.1. The number of alkyl halides is 3. The van der Waals surface area contributed by atoms with E-state index < -0.39 is 12.8 Å². The number of rotatable bonds is 5. The van der Waals surface area contributed by atoms with Crippen LogP contribution < -0.4 is 15.4 Å². The fraction of sp³-hybridized carbons (Fsp3) is 0.615. The van der Waals surface area contributed by atoms with Gasteiger partial charge in [-0.15, -0.1) is 23.7 Å². The number of carbonyl (C=O) groups is 1. The van der Waals surface area contributed by atoms with Crippen molar-refractivity contribution >= 4 is 29.7 Å². The van der Waals surface area contributed by atoms with Crippen LogP contribution in [0.15, 0.2) is 12.1 Å². The highest BCUT2D eigenvalue weighted by Crippen LogP contribution is 2.30. The summed E-state index contributed by atoms with van der Waals surface area (Å²) in [5, 5.41) is 6.19. The molecule has 0 saturated carbocycles. The molecule has 2 N–H and O–H groups in total. The molecule has 1 unspecified atom stereocenters. The van der Waals surface area contributed by atoms with Crippen molar-refractivity contribution in [1.29, 1.82) is 0 Å². The zero-order valence-electron chi connectivity index (χ0n) is 11.9. The lowest BCUT2D eigenvalue weighted by Crippen LogP contribution is -2.33. The molecule has 22 heavy (non-hydrogen) atoms. The van der Waals surface area contributed by atoms with Crippen molar-refractivity contribution in [3.8, 4) is 5.06 Å². The zero-order valence-corrected chi connectivity index (χ0v) is 13.5. The van der Waals surface area contributed by atoms with E-state index in [2.05, 4.69) is 15.4 Å². The van der Waals surface area contributed by atoms with Crippen LogP contribution in [0.25, 0.3) is 0 Å². The Labute approximate surface area is 136 Å². The molecule has 0 aliphatic carbocycles. The summed E-state index contributed by atoms with van der Waals surface area (Å²) in [6, 6.07) is 2.92. The maximum Gasteiger partial charge on any atom is 0.422 e. The Balaban J connectivity index is 0.00000242. The van der Waals surface area contributed by atoms with Crippen molar-refractivity contribution in [3.63, 3.8) is 0 Å². The lowest BCUT2D eigenvalue weighted by molar-refractivity contribution is -0.152. The molecule has 1 aliphatic rings. The van der Waals surface area contributed by atoms with Crippen molar-refractivity contribution in [2.24, 2.45) is 5.92 Å². The first-order chi connectivity index (χ1) is 9.85. The number of nitrogens with one attached hydrogen (secondary N) is 2. The van der Waals surface area contributed by atoms with Gasteiger partial charge in [-0.05, 0) is 32.0 Å². The second kappa shape index (κ2) is 8.03. The fourth-order valence-corrected chi connectivity index (χ4v) is 2.94. The molecule has 1 fully saturated rings.